The first kappa shape index (κ1) is 24.1. The summed E-state index contributed by atoms with van der Waals surface area (Å²) in [5.41, 5.74) is 4.04. The molecule has 2 aromatic heterocycles. The van der Waals surface area contributed by atoms with Gasteiger partial charge < -0.3 is 14.2 Å². The molecule has 38 heavy (non-hydrogen) atoms. The number of esters is 1. The number of rotatable bonds is 6. The number of aryl methyl sites for hydroxylation is 1. The van der Waals surface area contributed by atoms with E-state index in [0.717, 1.165) is 21.9 Å². The van der Waals surface area contributed by atoms with Crippen LogP contribution in [-0.4, -0.2) is 57.6 Å². The summed E-state index contributed by atoms with van der Waals surface area (Å²) in [6.07, 6.45) is -1.35. The number of methoxy groups -OCH3 is 1. The van der Waals surface area contributed by atoms with Gasteiger partial charge in [0.25, 0.3) is 0 Å². The van der Waals surface area contributed by atoms with Crippen molar-refractivity contribution in [1.82, 2.24) is 19.5 Å². The van der Waals surface area contributed by atoms with Crippen molar-refractivity contribution in [2.75, 3.05) is 13.7 Å². The van der Waals surface area contributed by atoms with Crippen LogP contribution < -0.4 is 0 Å². The van der Waals surface area contributed by atoms with E-state index >= 15 is 4.39 Å². The first-order valence-corrected chi connectivity index (χ1v) is 12.3. The number of fused-ring (bicyclic) bond motifs is 2. The molecule has 1 fully saturated rings. The molecule has 6 rings (SSSR count). The molecule has 8 nitrogen and oxygen atoms in total. The summed E-state index contributed by atoms with van der Waals surface area (Å²) in [6, 6.07) is 21.0. The van der Waals surface area contributed by atoms with Crippen LogP contribution in [0.5, 0.6) is 0 Å². The molecule has 0 saturated carbocycles. The lowest BCUT2D eigenvalue weighted by Crippen LogP contribution is -2.32. The number of hydrogen-bond acceptors (Lipinski definition) is 7. The van der Waals surface area contributed by atoms with Crippen molar-refractivity contribution < 1.29 is 23.4 Å². The van der Waals surface area contributed by atoms with Crippen molar-refractivity contribution in [2.24, 2.45) is 0 Å². The number of carbonyl (C=O) groups is 1. The van der Waals surface area contributed by atoms with Gasteiger partial charge in [-0.1, -0.05) is 60.2 Å². The number of aromatic nitrogens is 4. The van der Waals surface area contributed by atoms with E-state index in [9.17, 15) is 4.79 Å². The van der Waals surface area contributed by atoms with Gasteiger partial charge in [-0.05, 0) is 29.8 Å². The standard InChI is InChI=1S/C29H25FN4O4/c1-17-10-12-19(13-11-17)29(35)37-14-22-23(30)26(36-2)28(38-22)34-16-33-25-24(31-15-32-27(25)34)21-9-5-7-18-6-3-4-8-20(18)21/h3-13,15-16,22-23,26,28H,14H2,1-2H3/t22-,23-,26-,28-/m1/s1. The van der Waals surface area contributed by atoms with E-state index < -0.39 is 30.6 Å². The molecule has 0 amide bonds. The highest BCUT2D eigenvalue weighted by Crippen LogP contribution is 2.37. The molecule has 4 atom stereocenters. The summed E-state index contributed by atoms with van der Waals surface area (Å²) in [7, 11) is 1.42. The second kappa shape index (κ2) is 9.92. The summed E-state index contributed by atoms with van der Waals surface area (Å²) in [5, 5.41) is 2.12. The Kier molecular flexibility index (Phi) is 6.30. The number of halogens is 1. The number of imidazole rings is 1. The van der Waals surface area contributed by atoms with Crippen molar-refractivity contribution in [2.45, 2.75) is 31.5 Å². The molecule has 0 aliphatic carbocycles. The van der Waals surface area contributed by atoms with Crippen molar-refractivity contribution in [1.29, 1.82) is 0 Å². The monoisotopic (exact) mass is 512 g/mol. The first-order chi connectivity index (χ1) is 18.5. The molecular weight excluding hydrogens is 487 g/mol. The van der Waals surface area contributed by atoms with Crippen LogP contribution in [0.4, 0.5) is 4.39 Å². The molecule has 9 heteroatoms. The molecule has 1 aliphatic rings. The summed E-state index contributed by atoms with van der Waals surface area (Å²) in [5.74, 6) is -0.543. The van der Waals surface area contributed by atoms with Crippen LogP contribution >= 0.6 is 0 Å². The van der Waals surface area contributed by atoms with Gasteiger partial charge in [-0.3, -0.25) is 4.57 Å². The molecule has 3 heterocycles. The lowest BCUT2D eigenvalue weighted by Gasteiger charge is -2.19. The average Bonchev–Trinajstić information content (AvgIpc) is 3.52. The van der Waals surface area contributed by atoms with Crippen LogP contribution in [0.25, 0.3) is 33.2 Å². The van der Waals surface area contributed by atoms with Gasteiger partial charge in [-0.2, -0.15) is 0 Å². The van der Waals surface area contributed by atoms with Crippen LogP contribution in [0.3, 0.4) is 0 Å². The lowest BCUT2D eigenvalue weighted by atomic mass is 10.0. The van der Waals surface area contributed by atoms with Crippen LogP contribution in [0, 0.1) is 6.92 Å². The molecule has 0 radical (unpaired) electrons. The Labute approximate surface area is 218 Å². The SMILES string of the molecule is CO[C@@H]1[C@H](F)[C@@H](COC(=O)c2ccc(C)cc2)O[C@H]1n1cnc2c(-c3cccc4ccccc34)ncnc21. The number of carbonyl (C=O) groups excluding carboxylic acids is 1. The van der Waals surface area contributed by atoms with Gasteiger partial charge in [0.15, 0.2) is 18.0 Å². The van der Waals surface area contributed by atoms with E-state index in [0.29, 0.717) is 22.4 Å². The normalized spacial score (nSPS) is 21.2. The third-order valence-corrected chi connectivity index (χ3v) is 6.88. The fraction of sp³-hybridized carbons (Fsp3) is 0.241. The van der Waals surface area contributed by atoms with Crippen LogP contribution in [-0.2, 0) is 14.2 Å². The van der Waals surface area contributed by atoms with Crippen LogP contribution in [0.2, 0.25) is 0 Å². The summed E-state index contributed by atoms with van der Waals surface area (Å²) in [6.45, 7) is 1.67. The number of hydrogen-bond donors (Lipinski definition) is 0. The zero-order valence-electron chi connectivity index (χ0n) is 20.8. The summed E-state index contributed by atoms with van der Waals surface area (Å²) >= 11 is 0. The van der Waals surface area contributed by atoms with E-state index in [1.54, 1.807) is 23.0 Å². The number of alkyl halides is 1. The molecule has 1 aliphatic heterocycles. The number of ether oxygens (including phenoxy) is 3. The minimum absolute atomic E-state index is 0.257. The fourth-order valence-electron chi connectivity index (χ4n) is 4.90. The van der Waals surface area contributed by atoms with Crippen molar-refractivity contribution >= 4 is 27.9 Å². The molecule has 3 aromatic carbocycles. The molecule has 1 saturated heterocycles. The van der Waals surface area contributed by atoms with Gasteiger partial charge in [0.05, 0.1) is 11.9 Å². The molecule has 0 unspecified atom stereocenters. The van der Waals surface area contributed by atoms with Crippen LogP contribution in [0.15, 0.2) is 79.4 Å². The van der Waals surface area contributed by atoms with Gasteiger partial charge in [0.2, 0.25) is 0 Å². The molecule has 5 aromatic rings. The van der Waals surface area contributed by atoms with Crippen molar-refractivity contribution in [3.05, 3.63) is 90.5 Å². The smallest absolute Gasteiger partial charge is 0.338 e. The highest BCUT2D eigenvalue weighted by atomic mass is 19.1. The second-order valence-corrected chi connectivity index (χ2v) is 9.25. The van der Waals surface area contributed by atoms with E-state index in [2.05, 4.69) is 15.0 Å². The zero-order valence-corrected chi connectivity index (χ0v) is 20.8. The molecule has 0 bridgehead atoms. The van der Waals surface area contributed by atoms with Crippen molar-refractivity contribution in [3.8, 4) is 11.3 Å². The predicted octanol–water partition coefficient (Wildman–Crippen LogP) is 5.06. The molecule has 0 N–H and O–H groups in total. The minimum Gasteiger partial charge on any atom is -0.459 e. The first-order valence-electron chi connectivity index (χ1n) is 12.3. The van der Waals surface area contributed by atoms with E-state index in [-0.39, 0.29) is 6.61 Å². The van der Waals surface area contributed by atoms with Gasteiger partial charge >= 0.3 is 5.97 Å². The molecular formula is C29H25FN4O4. The minimum atomic E-state index is -1.53. The topological polar surface area (TPSA) is 88.4 Å². The lowest BCUT2D eigenvalue weighted by molar-refractivity contribution is -0.0616. The molecule has 192 valence electrons. The summed E-state index contributed by atoms with van der Waals surface area (Å²) in [4.78, 5) is 26.0. The maximum Gasteiger partial charge on any atom is 0.338 e. The largest absolute Gasteiger partial charge is 0.459 e. The highest BCUT2D eigenvalue weighted by Gasteiger charge is 2.47. The van der Waals surface area contributed by atoms with Gasteiger partial charge in [0, 0.05) is 12.7 Å². The maximum atomic E-state index is 15.4. The molecule has 0 spiro atoms. The predicted molar refractivity (Wildman–Crippen MR) is 139 cm³/mol. The average molecular weight is 513 g/mol. The van der Waals surface area contributed by atoms with E-state index in [4.69, 9.17) is 14.2 Å². The quantitative estimate of drug-likeness (QED) is 0.294. The maximum absolute atomic E-state index is 15.4. The Hall–Kier alpha value is -4.21. The Morgan fingerprint density at radius 1 is 1.03 bits per heavy atom. The van der Waals surface area contributed by atoms with Gasteiger partial charge in [0.1, 0.15) is 36.4 Å². The Bertz CT molecular complexity index is 1620. The Balaban J connectivity index is 1.29. The van der Waals surface area contributed by atoms with Crippen molar-refractivity contribution in [3.63, 3.8) is 0 Å². The van der Waals surface area contributed by atoms with E-state index in [1.165, 1.54) is 13.4 Å². The second-order valence-electron chi connectivity index (χ2n) is 9.25. The van der Waals surface area contributed by atoms with Gasteiger partial charge in [-0.25, -0.2) is 24.1 Å². The highest BCUT2D eigenvalue weighted by molar-refractivity contribution is 6.01. The number of benzene rings is 3. The summed E-state index contributed by atoms with van der Waals surface area (Å²) < 4.78 is 34.0. The van der Waals surface area contributed by atoms with Gasteiger partial charge in [-0.15, -0.1) is 0 Å². The fourth-order valence-corrected chi connectivity index (χ4v) is 4.90. The van der Waals surface area contributed by atoms with E-state index in [1.807, 2.05) is 61.5 Å². The third kappa shape index (κ3) is 4.19. The Morgan fingerprint density at radius 3 is 2.63 bits per heavy atom. The number of nitrogens with zero attached hydrogens (tertiary/aromatic N) is 4. The zero-order chi connectivity index (χ0) is 26.2. The Morgan fingerprint density at radius 2 is 1.82 bits per heavy atom. The third-order valence-electron chi connectivity index (χ3n) is 6.88. The van der Waals surface area contributed by atoms with Crippen LogP contribution in [0.1, 0.15) is 22.1 Å².